The fourth-order valence-corrected chi connectivity index (χ4v) is 1.89. The Morgan fingerprint density at radius 1 is 1.24 bits per heavy atom. The van der Waals surface area contributed by atoms with Gasteiger partial charge in [0.15, 0.2) is 0 Å². The highest BCUT2D eigenvalue weighted by Gasteiger charge is 2.15. The van der Waals surface area contributed by atoms with E-state index in [-0.39, 0.29) is 17.9 Å². The zero-order chi connectivity index (χ0) is 13.1. The van der Waals surface area contributed by atoms with Crippen molar-refractivity contribution in [2.45, 2.75) is 6.42 Å². The molecule has 0 saturated carbocycles. The molecule has 0 aromatic heterocycles. The van der Waals surface area contributed by atoms with Crippen molar-refractivity contribution in [1.82, 2.24) is 0 Å². The average molecular weight is 264 g/mol. The highest BCUT2D eigenvalue weighted by Crippen LogP contribution is 2.30. The molecule has 96 valence electrons. The molecular formula is C10H13FO5S. The smallest absolute Gasteiger partial charge is 0.265 e. The molecule has 0 aliphatic carbocycles. The molecule has 0 saturated heterocycles. The zero-order valence-corrected chi connectivity index (χ0v) is 10.3. The van der Waals surface area contributed by atoms with Gasteiger partial charge in [0.25, 0.3) is 10.1 Å². The molecule has 0 heterocycles. The van der Waals surface area contributed by atoms with Gasteiger partial charge >= 0.3 is 0 Å². The van der Waals surface area contributed by atoms with E-state index in [4.69, 9.17) is 14.0 Å². The van der Waals surface area contributed by atoms with Gasteiger partial charge in [0.1, 0.15) is 17.3 Å². The number of rotatable bonds is 5. The second-order valence-electron chi connectivity index (χ2n) is 3.32. The quantitative estimate of drug-likeness (QED) is 0.811. The first-order valence-corrected chi connectivity index (χ1v) is 6.34. The number of hydrogen-bond donors (Lipinski definition) is 1. The Hall–Kier alpha value is -1.34. The first-order chi connectivity index (χ1) is 7.87. The van der Waals surface area contributed by atoms with Gasteiger partial charge in [-0.2, -0.15) is 8.42 Å². The summed E-state index contributed by atoms with van der Waals surface area (Å²) in [7, 11) is -1.41. The second-order valence-corrected chi connectivity index (χ2v) is 4.90. The van der Waals surface area contributed by atoms with Gasteiger partial charge in [-0.1, -0.05) is 0 Å². The summed E-state index contributed by atoms with van der Waals surface area (Å²) >= 11 is 0. The number of methoxy groups -OCH3 is 2. The molecule has 0 atom stereocenters. The molecule has 0 amide bonds. The molecule has 1 rings (SSSR count). The maximum Gasteiger partial charge on any atom is 0.265 e. The number of halogens is 1. The lowest BCUT2D eigenvalue weighted by molar-refractivity contribution is 0.380. The minimum Gasteiger partial charge on any atom is -0.496 e. The minimum absolute atomic E-state index is 0.0224. The van der Waals surface area contributed by atoms with Crippen molar-refractivity contribution in [2.24, 2.45) is 0 Å². The van der Waals surface area contributed by atoms with Crippen LogP contribution in [0.15, 0.2) is 12.1 Å². The first-order valence-electron chi connectivity index (χ1n) is 4.73. The predicted octanol–water partition coefficient (Wildman–Crippen LogP) is 1.27. The topological polar surface area (TPSA) is 72.8 Å². The van der Waals surface area contributed by atoms with Crippen LogP contribution in [0.2, 0.25) is 0 Å². The molecule has 0 fully saturated rings. The molecule has 0 bridgehead atoms. The van der Waals surface area contributed by atoms with Crippen molar-refractivity contribution >= 4 is 10.1 Å². The SMILES string of the molecule is COc1cc(F)cc(OC)c1CCS(=O)(=O)O. The third-order valence-corrected chi connectivity index (χ3v) is 2.90. The predicted molar refractivity (Wildman–Crippen MR) is 59.6 cm³/mol. The Morgan fingerprint density at radius 2 is 1.71 bits per heavy atom. The molecule has 0 radical (unpaired) electrons. The van der Waals surface area contributed by atoms with Gasteiger partial charge in [0.2, 0.25) is 0 Å². The normalized spacial score (nSPS) is 11.3. The summed E-state index contributed by atoms with van der Waals surface area (Å²) < 4.78 is 53.0. The summed E-state index contributed by atoms with van der Waals surface area (Å²) in [5.74, 6) is -0.656. The molecule has 1 aromatic carbocycles. The average Bonchev–Trinajstić information content (AvgIpc) is 2.24. The second kappa shape index (κ2) is 5.33. The Labute approximate surface area is 98.9 Å². The van der Waals surface area contributed by atoms with Gasteiger partial charge in [0, 0.05) is 17.7 Å². The summed E-state index contributed by atoms with van der Waals surface area (Å²) in [6, 6.07) is 2.25. The molecule has 1 N–H and O–H groups in total. The highest BCUT2D eigenvalue weighted by atomic mass is 32.2. The molecular weight excluding hydrogens is 251 g/mol. The summed E-state index contributed by atoms with van der Waals surface area (Å²) in [6.45, 7) is 0. The summed E-state index contributed by atoms with van der Waals surface area (Å²) in [6.07, 6.45) is -0.0224. The fourth-order valence-electron chi connectivity index (χ4n) is 1.43. The van der Waals surface area contributed by atoms with E-state index in [1.807, 2.05) is 0 Å². The van der Waals surface area contributed by atoms with Crippen LogP contribution in [0, 0.1) is 5.82 Å². The van der Waals surface area contributed by atoms with E-state index in [1.165, 1.54) is 14.2 Å². The van der Waals surface area contributed by atoms with Crippen molar-refractivity contribution in [1.29, 1.82) is 0 Å². The van der Waals surface area contributed by atoms with Crippen LogP contribution in [0.4, 0.5) is 4.39 Å². The van der Waals surface area contributed by atoms with Crippen LogP contribution in [0.3, 0.4) is 0 Å². The Bertz CT molecular complexity index is 472. The van der Waals surface area contributed by atoms with E-state index < -0.39 is 21.7 Å². The van der Waals surface area contributed by atoms with Crippen LogP contribution >= 0.6 is 0 Å². The van der Waals surface area contributed by atoms with Crippen LogP contribution in [-0.2, 0) is 16.5 Å². The third-order valence-electron chi connectivity index (χ3n) is 2.18. The number of ether oxygens (including phenoxy) is 2. The molecule has 0 spiro atoms. The number of hydrogen-bond acceptors (Lipinski definition) is 4. The lowest BCUT2D eigenvalue weighted by atomic mass is 10.1. The van der Waals surface area contributed by atoms with Gasteiger partial charge in [-0.05, 0) is 6.42 Å². The number of benzene rings is 1. The maximum atomic E-state index is 13.1. The van der Waals surface area contributed by atoms with Gasteiger partial charge in [0.05, 0.1) is 20.0 Å². The van der Waals surface area contributed by atoms with E-state index in [1.54, 1.807) is 0 Å². The van der Waals surface area contributed by atoms with Gasteiger partial charge in [-0.25, -0.2) is 4.39 Å². The van der Waals surface area contributed by atoms with Crippen molar-refractivity contribution in [3.8, 4) is 11.5 Å². The van der Waals surface area contributed by atoms with E-state index in [9.17, 15) is 12.8 Å². The van der Waals surface area contributed by atoms with E-state index >= 15 is 0 Å². The zero-order valence-electron chi connectivity index (χ0n) is 9.44. The summed E-state index contributed by atoms with van der Waals surface area (Å²) in [5, 5.41) is 0. The van der Waals surface area contributed by atoms with Crippen LogP contribution in [0.1, 0.15) is 5.56 Å². The monoisotopic (exact) mass is 264 g/mol. The molecule has 0 aliphatic heterocycles. The van der Waals surface area contributed by atoms with Crippen molar-refractivity contribution in [3.63, 3.8) is 0 Å². The maximum absolute atomic E-state index is 13.1. The van der Waals surface area contributed by atoms with E-state index in [0.29, 0.717) is 5.56 Å². The van der Waals surface area contributed by atoms with Gasteiger partial charge in [-0.3, -0.25) is 4.55 Å². The highest BCUT2D eigenvalue weighted by molar-refractivity contribution is 7.85. The van der Waals surface area contributed by atoms with Crippen molar-refractivity contribution < 1.29 is 26.8 Å². The first kappa shape index (κ1) is 13.7. The molecule has 0 unspecified atom stereocenters. The van der Waals surface area contributed by atoms with Gasteiger partial charge in [-0.15, -0.1) is 0 Å². The van der Waals surface area contributed by atoms with Crippen LogP contribution < -0.4 is 9.47 Å². The lowest BCUT2D eigenvalue weighted by Crippen LogP contribution is -2.08. The van der Waals surface area contributed by atoms with Crippen LogP contribution in [0.5, 0.6) is 11.5 Å². The Balaban J connectivity index is 3.11. The third kappa shape index (κ3) is 3.86. The largest absolute Gasteiger partial charge is 0.496 e. The molecule has 5 nitrogen and oxygen atoms in total. The molecule has 17 heavy (non-hydrogen) atoms. The summed E-state index contributed by atoms with van der Waals surface area (Å²) in [4.78, 5) is 0. The summed E-state index contributed by atoms with van der Waals surface area (Å²) in [5.41, 5.74) is 0.397. The standard InChI is InChI=1S/C10H13FO5S/c1-15-9-5-7(11)6-10(16-2)8(9)3-4-17(12,13)14/h5-6H,3-4H2,1-2H3,(H,12,13,14). The molecule has 0 aliphatic rings. The van der Waals surface area contributed by atoms with Crippen LogP contribution in [-0.4, -0.2) is 32.9 Å². The lowest BCUT2D eigenvalue weighted by Gasteiger charge is -2.12. The molecule has 7 heteroatoms. The Kier molecular flexibility index (Phi) is 4.30. The van der Waals surface area contributed by atoms with Gasteiger partial charge < -0.3 is 9.47 Å². The van der Waals surface area contributed by atoms with Crippen molar-refractivity contribution in [2.75, 3.05) is 20.0 Å². The van der Waals surface area contributed by atoms with E-state index in [0.717, 1.165) is 12.1 Å². The fraction of sp³-hybridized carbons (Fsp3) is 0.400. The van der Waals surface area contributed by atoms with E-state index in [2.05, 4.69) is 0 Å². The minimum atomic E-state index is -4.09. The Morgan fingerprint density at radius 3 is 2.06 bits per heavy atom. The van der Waals surface area contributed by atoms with Crippen molar-refractivity contribution in [3.05, 3.63) is 23.5 Å². The van der Waals surface area contributed by atoms with Crippen LogP contribution in [0.25, 0.3) is 0 Å². The molecule has 1 aromatic rings.